The van der Waals surface area contributed by atoms with Crippen molar-refractivity contribution in [3.05, 3.63) is 48.0 Å². The number of hydrogen-bond acceptors (Lipinski definition) is 4. The first-order valence-electron chi connectivity index (χ1n) is 10.1. The molecule has 1 fully saturated rings. The molecule has 5 nitrogen and oxygen atoms in total. The van der Waals surface area contributed by atoms with Crippen LogP contribution in [0.2, 0.25) is 0 Å². The van der Waals surface area contributed by atoms with Crippen molar-refractivity contribution < 1.29 is 14.3 Å². The zero-order valence-electron chi connectivity index (χ0n) is 16.7. The molecule has 0 radical (unpaired) electrons. The molecule has 0 aromatic heterocycles. The largest absolute Gasteiger partial charge is 0.483 e. The lowest BCUT2D eigenvalue weighted by atomic mass is 10.0. The molecule has 0 unspecified atom stereocenters. The summed E-state index contributed by atoms with van der Waals surface area (Å²) in [4.78, 5) is 14.7. The lowest BCUT2D eigenvalue weighted by molar-refractivity contribution is -0.118. The molecule has 2 aromatic rings. The summed E-state index contributed by atoms with van der Waals surface area (Å²) in [6.45, 7) is 6.28. The minimum Gasteiger partial charge on any atom is -0.483 e. The Morgan fingerprint density at radius 2 is 1.86 bits per heavy atom. The topological polar surface area (TPSA) is 50.8 Å². The number of benzene rings is 2. The molecule has 0 atom stereocenters. The molecule has 2 aromatic carbocycles. The van der Waals surface area contributed by atoms with Gasteiger partial charge in [-0.15, -0.1) is 0 Å². The van der Waals surface area contributed by atoms with Gasteiger partial charge in [0.1, 0.15) is 5.60 Å². The third-order valence-electron chi connectivity index (χ3n) is 5.29. The van der Waals surface area contributed by atoms with Crippen LogP contribution >= 0.6 is 0 Å². The van der Waals surface area contributed by atoms with Gasteiger partial charge in [0.25, 0.3) is 5.91 Å². The van der Waals surface area contributed by atoms with Crippen LogP contribution in [0.4, 0.5) is 11.4 Å². The van der Waals surface area contributed by atoms with Crippen LogP contribution in [0.3, 0.4) is 0 Å². The highest BCUT2D eigenvalue weighted by atomic mass is 16.5. The summed E-state index contributed by atoms with van der Waals surface area (Å²) in [6.07, 6.45) is 4.66. The molecule has 1 N–H and O–H groups in total. The second kappa shape index (κ2) is 7.74. The van der Waals surface area contributed by atoms with Gasteiger partial charge in [0.2, 0.25) is 0 Å². The summed E-state index contributed by atoms with van der Waals surface area (Å²) in [5.41, 5.74) is 2.88. The van der Waals surface area contributed by atoms with E-state index >= 15 is 0 Å². The molecule has 5 heteroatoms. The van der Waals surface area contributed by atoms with Gasteiger partial charge in [0, 0.05) is 36.4 Å². The van der Waals surface area contributed by atoms with Crippen LogP contribution in [0.15, 0.2) is 42.5 Å². The monoisotopic (exact) mass is 380 g/mol. The van der Waals surface area contributed by atoms with Gasteiger partial charge in [0.05, 0.1) is 0 Å². The maximum Gasteiger partial charge on any atom is 0.262 e. The quantitative estimate of drug-likeness (QED) is 0.835. The van der Waals surface area contributed by atoms with Gasteiger partial charge in [-0.05, 0) is 63.4 Å². The first kappa shape index (κ1) is 18.7. The van der Waals surface area contributed by atoms with E-state index in [1.807, 2.05) is 30.3 Å². The first-order valence-corrected chi connectivity index (χ1v) is 10.1. The Bertz CT molecular complexity index is 839. The Hall–Kier alpha value is -2.69. The number of fused-ring (bicyclic) bond motifs is 1. The number of nitrogens with zero attached hydrogens (tertiary/aromatic N) is 1. The Morgan fingerprint density at radius 3 is 2.61 bits per heavy atom. The van der Waals surface area contributed by atoms with Gasteiger partial charge in [-0.1, -0.05) is 12.1 Å². The van der Waals surface area contributed by atoms with Crippen molar-refractivity contribution in [1.29, 1.82) is 0 Å². The average Bonchev–Trinajstić information content (AvgIpc) is 3.02. The van der Waals surface area contributed by atoms with E-state index in [-0.39, 0.29) is 18.1 Å². The Morgan fingerprint density at radius 1 is 1.11 bits per heavy atom. The van der Waals surface area contributed by atoms with Crippen LogP contribution in [0.25, 0.3) is 0 Å². The molecule has 2 aliphatic rings. The summed E-state index contributed by atoms with van der Waals surface area (Å²) >= 11 is 0. The number of nitrogens with one attached hydrogen (secondary N) is 1. The van der Waals surface area contributed by atoms with Gasteiger partial charge in [-0.25, -0.2) is 0 Å². The molecule has 0 spiro atoms. The van der Waals surface area contributed by atoms with Crippen LogP contribution in [-0.4, -0.2) is 31.2 Å². The molecule has 0 saturated carbocycles. The van der Waals surface area contributed by atoms with E-state index in [0.29, 0.717) is 5.75 Å². The number of carbonyl (C=O) groups is 1. The van der Waals surface area contributed by atoms with Crippen molar-refractivity contribution in [3.8, 4) is 11.5 Å². The fraction of sp³-hybridized carbons (Fsp3) is 0.435. The molecule has 0 aliphatic carbocycles. The average molecular weight is 380 g/mol. The lowest BCUT2D eigenvalue weighted by Crippen LogP contribution is -2.29. The number of para-hydroxylation sites is 1. The Labute approximate surface area is 166 Å². The fourth-order valence-corrected chi connectivity index (χ4v) is 3.95. The number of piperidine rings is 1. The van der Waals surface area contributed by atoms with E-state index < -0.39 is 0 Å². The van der Waals surface area contributed by atoms with E-state index in [9.17, 15) is 4.79 Å². The van der Waals surface area contributed by atoms with Gasteiger partial charge < -0.3 is 19.7 Å². The second-order valence-corrected chi connectivity index (χ2v) is 8.21. The van der Waals surface area contributed by atoms with E-state index in [0.717, 1.165) is 36.5 Å². The molecule has 0 bridgehead atoms. The fourth-order valence-electron chi connectivity index (χ4n) is 3.95. The van der Waals surface area contributed by atoms with Crippen LogP contribution in [0.5, 0.6) is 11.5 Å². The van der Waals surface area contributed by atoms with Crippen molar-refractivity contribution in [1.82, 2.24) is 0 Å². The standard InChI is InChI=1S/C23H28N2O3/c1-23(2)15-17-7-6-8-20(22(17)28-23)27-16-21(26)24-18-9-11-19(12-10-18)25-13-4-3-5-14-25/h6-12H,3-5,13-16H2,1-2H3,(H,24,26). The molecule has 2 heterocycles. The molecule has 1 amide bonds. The van der Waals surface area contributed by atoms with Gasteiger partial charge in [-0.3, -0.25) is 4.79 Å². The number of rotatable bonds is 5. The number of amides is 1. The minimum absolute atomic E-state index is 0.0475. The van der Waals surface area contributed by atoms with Gasteiger partial charge in [0.15, 0.2) is 18.1 Å². The number of hydrogen-bond donors (Lipinski definition) is 1. The molecular formula is C23H28N2O3. The maximum atomic E-state index is 12.3. The first-order chi connectivity index (χ1) is 13.5. The number of carbonyl (C=O) groups excluding carboxylic acids is 1. The maximum absolute atomic E-state index is 12.3. The Kier molecular flexibility index (Phi) is 5.16. The lowest BCUT2D eigenvalue weighted by Gasteiger charge is -2.28. The van der Waals surface area contributed by atoms with Crippen LogP contribution in [0.1, 0.15) is 38.7 Å². The van der Waals surface area contributed by atoms with E-state index in [1.54, 1.807) is 0 Å². The number of anilines is 2. The smallest absolute Gasteiger partial charge is 0.262 e. The second-order valence-electron chi connectivity index (χ2n) is 8.21. The van der Waals surface area contributed by atoms with Crippen molar-refractivity contribution in [2.75, 3.05) is 29.9 Å². The summed E-state index contributed by atoms with van der Waals surface area (Å²) in [6, 6.07) is 13.9. The highest BCUT2D eigenvalue weighted by molar-refractivity contribution is 5.92. The molecule has 4 rings (SSSR count). The molecule has 1 saturated heterocycles. The normalized spacial score (nSPS) is 17.6. The van der Waals surface area contributed by atoms with Gasteiger partial charge in [-0.2, -0.15) is 0 Å². The molecule has 2 aliphatic heterocycles. The van der Waals surface area contributed by atoms with Crippen molar-refractivity contribution in [2.45, 2.75) is 45.1 Å². The van der Waals surface area contributed by atoms with Crippen molar-refractivity contribution in [2.24, 2.45) is 0 Å². The minimum atomic E-state index is -0.236. The van der Waals surface area contributed by atoms with Crippen molar-refractivity contribution >= 4 is 17.3 Å². The number of ether oxygens (including phenoxy) is 2. The summed E-state index contributed by atoms with van der Waals surface area (Å²) in [5, 5.41) is 2.90. The van der Waals surface area contributed by atoms with E-state index in [2.05, 4.69) is 36.2 Å². The summed E-state index contributed by atoms with van der Waals surface area (Å²) in [7, 11) is 0. The predicted molar refractivity (Wildman–Crippen MR) is 111 cm³/mol. The molecular weight excluding hydrogens is 352 g/mol. The summed E-state index contributed by atoms with van der Waals surface area (Å²) < 4.78 is 11.7. The zero-order chi connectivity index (χ0) is 19.6. The van der Waals surface area contributed by atoms with Crippen LogP contribution < -0.4 is 19.7 Å². The predicted octanol–water partition coefficient (Wildman–Crippen LogP) is 4.41. The van der Waals surface area contributed by atoms with E-state index in [4.69, 9.17) is 9.47 Å². The van der Waals surface area contributed by atoms with Crippen LogP contribution in [0, 0.1) is 0 Å². The SMILES string of the molecule is CC1(C)Cc2cccc(OCC(=O)Nc3ccc(N4CCCCC4)cc3)c2O1. The third-order valence-corrected chi connectivity index (χ3v) is 5.29. The highest BCUT2D eigenvalue weighted by Gasteiger charge is 2.32. The molecule has 148 valence electrons. The van der Waals surface area contributed by atoms with Gasteiger partial charge >= 0.3 is 0 Å². The molecule has 28 heavy (non-hydrogen) atoms. The zero-order valence-corrected chi connectivity index (χ0v) is 16.7. The summed E-state index contributed by atoms with van der Waals surface area (Å²) in [5.74, 6) is 1.20. The Balaban J connectivity index is 1.33. The van der Waals surface area contributed by atoms with E-state index in [1.165, 1.54) is 24.9 Å². The van der Waals surface area contributed by atoms with Crippen molar-refractivity contribution in [3.63, 3.8) is 0 Å². The van der Waals surface area contributed by atoms with Crippen LogP contribution in [-0.2, 0) is 11.2 Å². The third kappa shape index (κ3) is 4.24. The highest BCUT2D eigenvalue weighted by Crippen LogP contribution is 2.41.